The number of rotatable bonds is 1. The molecule has 20 heavy (non-hydrogen) atoms. The van der Waals surface area contributed by atoms with Crippen molar-refractivity contribution in [3.05, 3.63) is 71.8 Å². The average molecular weight is 259 g/mol. The van der Waals surface area contributed by atoms with Crippen molar-refractivity contribution < 1.29 is 0 Å². The van der Waals surface area contributed by atoms with Crippen LogP contribution >= 0.6 is 0 Å². The molecule has 0 saturated heterocycles. The Bertz CT molecular complexity index is 789. The maximum atomic E-state index is 6.18. The number of fused-ring (bicyclic) bond motifs is 2. The van der Waals surface area contributed by atoms with Crippen molar-refractivity contribution in [3.63, 3.8) is 0 Å². The third-order valence-corrected chi connectivity index (χ3v) is 4.38. The first-order valence-corrected chi connectivity index (χ1v) is 7.19. The highest BCUT2D eigenvalue weighted by Gasteiger charge is 2.21. The van der Waals surface area contributed by atoms with Crippen molar-refractivity contribution in [3.8, 4) is 11.1 Å². The van der Waals surface area contributed by atoms with Crippen LogP contribution in [0.3, 0.4) is 0 Å². The topological polar surface area (TPSA) is 26.0 Å². The molecule has 1 unspecified atom stereocenters. The van der Waals surface area contributed by atoms with Crippen LogP contribution in [0.4, 0.5) is 0 Å². The van der Waals surface area contributed by atoms with Crippen LogP contribution in [0.2, 0.25) is 0 Å². The fourth-order valence-corrected chi connectivity index (χ4v) is 3.31. The van der Waals surface area contributed by atoms with Gasteiger partial charge in [-0.2, -0.15) is 0 Å². The van der Waals surface area contributed by atoms with Gasteiger partial charge in [0.15, 0.2) is 0 Å². The zero-order valence-electron chi connectivity index (χ0n) is 11.3. The number of nitrogens with two attached hydrogens (primary N) is 1. The average Bonchev–Trinajstić information content (AvgIpc) is 2.88. The summed E-state index contributed by atoms with van der Waals surface area (Å²) in [7, 11) is 0. The maximum absolute atomic E-state index is 6.18. The fraction of sp³-hybridized carbons (Fsp3) is 0.158. The predicted molar refractivity (Wildman–Crippen MR) is 84.6 cm³/mol. The van der Waals surface area contributed by atoms with Crippen LogP contribution in [-0.2, 0) is 6.42 Å². The van der Waals surface area contributed by atoms with E-state index in [9.17, 15) is 0 Å². The van der Waals surface area contributed by atoms with Crippen molar-refractivity contribution in [2.24, 2.45) is 5.73 Å². The van der Waals surface area contributed by atoms with Crippen molar-refractivity contribution in [2.45, 2.75) is 18.9 Å². The van der Waals surface area contributed by atoms with Gasteiger partial charge in [-0.15, -0.1) is 0 Å². The lowest BCUT2D eigenvalue weighted by Gasteiger charge is -2.11. The molecule has 0 aromatic heterocycles. The minimum absolute atomic E-state index is 0.213. The first-order valence-electron chi connectivity index (χ1n) is 7.19. The van der Waals surface area contributed by atoms with Crippen molar-refractivity contribution in [1.82, 2.24) is 0 Å². The summed E-state index contributed by atoms with van der Waals surface area (Å²) < 4.78 is 0. The molecule has 0 radical (unpaired) electrons. The fourth-order valence-electron chi connectivity index (χ4n) is 3.31. The van der Waals surface area contributed by atoms with E-state index in [0.717, 1.165) is 12.8 Å². The summed E-state index contributed by atoms with van der Waals surface area (Å²) in [6.45, 7) is 0. The molecule has 3 aromatic rings. The summed E-state index contributed by atoms with van der Waals surface area (Å²) in [4.78, 5) is 0. The monoisotopic (exact) mass is 259 g/mol. The Morgan fingerprint density at radius 3 is 2.60 bits per heavy atom. The molecule has 98 valence electrons. The van der Waals surface area contributed by atoms with Crippen molar-refractivity contribution >= 4 is 10.8 Å². The molecule has 2 N–H and O–H groups in total. The summed E-state index contributed by atoms with van der Waals surface area (Å²) >= 11 is 0. The van der Waals surface area contributed by atoms with E-state index in [1.165, 1.54) is 33.0 Å². The van der Waals surface area contributed by atoms with Crippen LogP contribution < -0.4 is 5.73 Å². The van der Waals surface area contributed by atoms with Crippen LogP contribution in [0.1, 0.15) is 23.6 Å². The highest BCUT2D eigenvalue weighted by Crippen LogP contribution is 2.37. The Labute approximate surface area is 119 Å². The lowest BCUT2D eigenvalue weighted by Crippen LogP contribution is -2.04. The summed E-state index contributed by atoms with van der Waals surface area (Å²) in [5.74, 6) is 0. The molecule has 4 rings (SSSR count). The second-order valence-corrected chi connectivity index (χ2v) is 5.58. The second-order valence-electron chi connectivity index (χ2n) is 5.58. The van der Waals surface area contributed by atoms with Gasteiger partial charge in [-0.25, -0.2) is 0 Å². The van der Waals surface area contributed by atoms with Crippen molar-refractivity contribution in [2.75, 3.05) is 0 Å². The Balaban J connectivity index is 1.92. The molecule has 1 heteroatoms. The number of hydrogen-bond acceptors (Lipinski definition) is 1. The molecule has 1 nitrogen and oxygen atoms in total. The van der Waals surface area contributed by atoms with Crippen LogP contribution in [-0.4, -0.2) is 0 Å². The van der Waals surface area contributed by atoms with Gasteiger partial charge in [-0.05, 0) is 51.9 Å². The van der Waals surface area contributed by atoms with E-state index in [0.29, 0.717) is 0 Å². The van der Waals surface area contributed by atoms with Gasteiger partial charge < -0.3 is 5.73 Å². The molecule has 0 spiro atoms. The molecule has 0 aliphatic heterocycles. The van der Waals surface area contributed by atoms with E-state index in [2.05, 4.69) is 60.7 Å². The van der Waals surface area contributed by atoms with Gasteiger partial charge in [0.2, 0.25) is 0 Å². The molecule has 0 saturated carbocycles. The number of benzene rings is 3. The van der Waals surface area contributed by atoms with Gasteiger partial charge >= 0.3 is 0 Å². The summed E-state index contributed by atoms with van der Waals surface area (Å²) in [5, 5.41) is 2.59. The molecular formula is C19H17N. The van der Waals surface area contributed by atoms with Crippen LogP contribution in [0.15, 0.2) is 60.7 Å². The van der Waals surface area contributed by atoms with E-state index in [1.807, 2.05) is 0 Å². The van der Waals surface area contributed by atoms with Gasteiger partial charge in [0.1, 0.15) is 0 Å². The standard InChI is InChI=1S/C19H17N/c20-19-11-10-17-16(6-3-7-18(17)19)15-9-8-13-4-1-2-5-14(13)12-15/h1-9,12,19H,10-11,20H2. The van der Waals surface area contributed by atoms with Crippen LogP contribution in [0, 0.1) is 0 Å². The molecule has 0 bridgehead atoms. The minimum atomic E-state index is 0.213. The van der Waals surface area contributed by atoms with E-state index in [-0.39, 0.29) is 6.04 Å². The normalized spacial score (nSPS) is 17.4. The Kier molecular flexibility index (Phi) is 2.61. The Morgan fingerprint density at radius 2 is 1.70 bits per heavy atom. The Morgan fingerprint density at radius 1 is 0.850 bits per heavy atom. The highest BCUT2D eigenvalue weighted by molar-refractivity contribution is 5.88. The predicted octanol–water partition coefficient (Wildman–Crippen LogP) is 4.45. The zero-order chi connectivity index (χ0) is 13.5. The molecule has 1 aliphatic carbocycles. The van der Waals surface area contributed by atoms with Gasteiger partial charge in [-0.1, -0.05) is 54.6 Å². The van der Waals surface area contributed by atoms with E-state index < -0.39 is 0 Å². The molecule has 1 atom stereocenters. The first kappa shape index (κ1) is 11.7. The first-order chi connectivity index (χ1) is 9.83. The molecule has 0 heterocycles. The quantitative estimate of drug-likeness (QED) is 0.686. The Hall–Kier alpha value is -2.12. The maximum Gasteiger partial charge on any atom is 0.0300 e. The summed E-state index contributed by atoms with van der Waals surface area (Å²) in [6, 6.07) is 22.0. The van der Waals surface area contributed by atoms with E-state index in [1.54, 1.807) is 0 Å². The van der Waals surface area contributed by atoms with Gasteiger partial charge in [0.25, 0.3) is 0 Å². The van der Waals surface area contributed by atoms with E-state index >= 15 is 0 Å². The third-order valence-electron chi connectivity index (χ3n) is 4.38. The molecule has 1 aliphatic rings. The molecule has 3 aromatic carbocycles. The molecular weight excluding hydrogens is 242 g/mol. The van der Waals surface area contributed by atoms with Gasteiger partial charge in [0, 0.05) is 6.04 Å². The van der Waals surface area contributed by atoms with Gasteiger partial charge in [-0.3, -0.25) is 0 Å². The van der Waals surface area contributed by atoms with Crippen LogP contribution in [0.25, 0.3) is 21.9 Å². The van der Waals surface area contributed by atoms with Crippen LogP contribution in [0.5, 0.6) is 0 Å². The lowest BCUT2D eigenvalue weighted by molar-refractivity contribution is 0.713. The highest BCUT2D eigenvalue weighted by atomic mass is 14.6. The van der Waals surface area contributed by atoms with Crippen molar-refractivity contribution in [1.29, 1.82) is 0 Å². The molecule has 0 fully saturated rings. The smallest absolute Gasteiger partial charge is 0.0300 e. The second kappa shape index (κ2) is 4.46. The zero-order valence-corrected chi connectivity index (χ0v) is 11.3. The summed E-state index contributed by atoms with van der Waals surface area (Å²) in [5.41, 5.74) is 11.6. The SMILES string of the molecule is NC1CCc2c(-c3ccc4ccccc4c3)cccc21. The summed E-state index contributed by atoms with van der Waals surface area (Å²) in [6.07, 6.45) is 2.17. The minimum Gasteiger partial charge on any atom is -0.324 e. The third kappa shape index (κ3) is 1.75. The number of hydrogen-bond donors (Lipinski definition) is 1. The van der Waals surface area contributed by atoms with Gasteiger partial charge in [0.05, 0.1) is 0 Å². The van der Waals surface area contributed by atoms with E-state index in [4.69, 9.17) is 5.73 Å². The largest absolute Gasteiger partial charge is 0.324 e. The lowest BCUT2D eigenvalue weighted by atomic mass is 9.95. The molecule has 0 amide bonds.